The van der Waals surface area contributed by atoms with Crippen molar-refractivity contribution in [2.24, 2.45) is 0 Å². The highest BCUT2D eigenvalue weighted by Gasteiger charge is 2.20. The van der Waals surface area contributed by atoms with E-state index < -0.39 is 24.3 Å². The summed E-state index contributed by atoms with van der Waals surface area (Å²) in [4.78, 5) is 37.1. The van der Waals surface area contributed by atoms with Crippen LogP contribution in [0.25, 0.3) is 0 Å². The first kappa shape index (κ1) is 20.2. The zero-order chi connectivity index (χ0) is 20.8. The van der Waals surface area contributed by atoms with Crippen molar-refractivity contribution in [2.45, 2.75) is 0 Å². The van der Waals surface area contributed by atoms with Crippen LogP contribution in [0.1, 0.15) is 26.3 Å². The van der Waals surface area contributed by atoms with E-state index in [-0.39, 0.29) is 27.6 Å². The Morgan fingerprint density at radius 1 is 0.897 bits per heavy atom. The van der Waals surface area contributed by atoms with Crippen molar-refractivity contribution < 1.29 is 23.5 Å². The molecule has 0 aliphatic heterocycles. The molecule has 0 fully saturated rings. The average Bonchev–Trinajstić information content (AvgIpc) is 2.74. The molecule has 1 amide bonds. The highest BCUT2D eigenvalue weighted by atomic mass is 35.5. The summed E-state index contributed by atoms with van der Waals surface area (Å²) in [6, 6.07) is 18.3. The van der Waals surface area contributed by atoms with Gasteiger partial charge in [0, 0.05) is 16.1 Å². The maximum atomic E-state index is 13.7. The van der Waals surface area contributed by atoms with Crippen LogP contribution in [0.5, 0.6) is 0 Å². The first-order chi connectivity index (χ1) is 14.0. The van der Waals surface area contributed by atoms with E-state index in [1.165, 1.54) is 24.3 Å². The van der Waals surface area contributed by atoms with Gasteiger partial charge in [-0.3, -0.25) is 9.59 Å². The number of amides is 1. The van der Waals surface area contributed by atoms with Crippen molar-refractivity contribution in [1.82, 2.24) is 0 Å². The number of ether oxygens (including phenoxy) is 1. The lowest BCUT2D eigenvalue weighted by Crippen LogP contribution is -2.22. The van der Waals surface area contributed by atoms with E-state index >= 15 is 0 Å². The Balaban J connectivity index is 1.69. The molecule has 0 aliphatic carbocycles. The number of benzene rings is 3. The molecule has 0 atom stereocenters. The number of nitrogens with one attached hydrogen (secondary N) is 1. The van der Waals surface area contributed by atoms with Crippen LogP contribution in [-0.4, -0.2) is 24.3 Å². The van der Waals surface area contributed by atoms with Crippen molar-refractivity contribution in [1.29, 1.82) is 0 Å². The summed E-state index contributed by atoms with van der Waals surface area (Å²) in [5.74, 6) is -2.60. The molecule has 3 aromatic carbocycles. The summed E-state index contributed by atoms with van der Waals surface area (Å²) in [6.45, 7) is -0.654. The third-order valence-electron chi connectivity index (χ3n) is 3.96. The van der Waals surface area contributed by atoms with Crippen LogP contribution in [-0.2, 0) is 9.53 Å². The SMILES string of the molecule is O=C(COC(=O)c1ccccc1C(=O)c1ccccc1)Nc1cc(Cl)ccc1F. The van der Waals surface area contributed by atoms with Crippen molar-refractivity contribution >= 4 is 34.9 Å². The third kappa shape index (κ3) is 5.06. The van der Waals surface area contributed by atoms with E-state index in [1.54, 1.807) is 42.5 Å². The summed E-state index contributed by atoms with van der Waals surface area (Å²) in [5, 5.41) is 2.52. The summed E-state index contributed by atoms with van der Waals surface area (Å²) in [7, 11) is 0. The van der Waals surface area contributed by atoms with Crippen LogP contribution in [0, 0.1) is 5.82 Å². The normalized spacial score (nSPS) is 10.3. The molecule has 0 saturated heterocycles. The molecule has 29 heavy (non-hydrogen) atoms. The number of hydrogen-bond donors (Lipinski definition) is 1. The first-order valence-corrected chi connectivity index (χ1v) is 8.94. The van der Waals surface area contributed by atoms with Gasteiger partial charge in [0.15, 0.2) is 12.4 Å². The van der Waals surface area contributed by atoms with Crippen molar-refractivity contribution in [3.8, 4) is 0 Å². The second-order valence-corrected chi connectivity index (χ2v) is 6.43. The standard InChI is InChI=1S/C22H15ClFNO4/c23-15-10-11-18(24)19(12-15)25-20(26)13-29-22(28)17-9-5-4-8-16(17)21(27)14-6-2-1-3-7-14/h1-12H,13H2,(H,25,26). The van der Waals surface area contributed by atoms with Gasteiger partial charge in [0.05, 0.1) is 11.3 Å². The average molecular weight is 412 g/mol. The lowest BCUT2D eigenvalue weighted by atomic mass is 9.98. The molecule has 0 radical (unpaired) electrons. The number of hydrogen-bond acceptors (Lipinski definition) is 4. The van der Waals surface area contributed by atoms with Crippen LogP contribution in [0.2, 0.25) is 5.02 Å². The van der Waals surface area contributed by atoms with Gasteiger partial charge in [-0.25, -0.2) is 9.18 Å². The molecule has 146 valence electrons. The minimum absolute atomic E-state index is 0.0306. The minimum atomic E-state index is -0.841. The second-order valence-electron chi connectivity index (χ2n) is 5.99. The molecule has 0 aliphatic rings. The predicted octanol–water partition coefficient (Wildman–Crippen LogP) is 4.51. The van der Waals surface area contributed by atoms with Gasteiger partial charge in [-0.05, 0) is 24.3 Å². The monoisotopic (exact) mass is 411 g/mol. The third-order valence-corrected chi connectivity index (χ3v) is 4.20. The van der Waals surface area contributed by atoms with Crippen LogP contribution >= 0.6 is 11.6 Å². The Hall–Kier alpha value is -3.51. The van der Waals surface area contributed by atoms with Gasteiger partial charge < -0.3 is 10.1 Å². The van der Waals surface area contributed by atoms with Crippen molar-refractivity contribution in [3.63, 3.8) is 0 Å². The number of carbonyl (C=O) groups is 3. The van der Waals surface area contributed by atoms with E-state index in [4.69, 9.17) is 16.3 Å². The fourth-order valence-corrected chi connectivity index (χ4v) is 2.76. The van der Waals surface area contributed by atoms with E-state index in [1.807, 2.05) is 0 Å². The van der Waals surface area contributed by atoms with E-state index in [9.17, 15) is 18.8 Å². The van der Waals surface area contributed by atoms with E-state index in [2.05, 4.69) is 5.32 Å². The number of esters is 1. The van der Waals surface area contributed by atoms with Crippen LogP contribution in [0.15, 0.2) is 72.8 Å². The van der Waals surface area contributed by atoms with Gasteiger partial charge in [-0.1, -0.05) is 60.1 Å². The first-order valence-electron chi connectivity index (χ1n) is 8.56. The largest absolute Gasteiger partial charge is 0.452 e. The molecule has 7 heteroatoms. The van der Waals surface area contributed by atoms with Crippen LogP contribution in [0.3, 0.4) is 0 Å². The minimum Gasteiger partial charge on any atom is -0.452 e. The fourth-order valence-electron chi connectivity index (χ4n) is 2.59. The zero-order valence-corrected chi connectivity index (χ0v) is 15.8. The molecule has 0 heterocycles. The number of ketones is 1. The van der Waals surface area contributed by atoms with Gasteiger partial charge in [-0.2, -0.15) is 0 Å². The Morgan fingerprint density at radius 2 is 1.55 bits per heavy atom. The smallest absolute Gasteiger partial charge is 0.339 e. The molecule has 0 unspecified atom stereocenters. The summed E-state index contributed by atoms with van der Waals surface area (Å²) < 4.78 is 18.7. The molecule has 0 bridgehead atoms. The quantitative estimate of drug-likeness (QED) is 0.478. The molecule has 0 spiro atoms. The number of carbonyl (C=O) groups excluding carboxylic acids is 3. The Labute approximate surface area is 171 Å². The van der Waals surface area contributed by atoms with E-state index in [0.29, 0.717) is 5.56 Å². The van der Waals surface area contributed by atoms with Crippen LogP contribution in [0.4, 0.5) is 10.1 Å². The summed E-state index contributed by atoms with van der Waals surface area (Å²) >= 11 is 5.77. The second kappa shape index (κ2) is 9.12. The van der Waals surface area contributed by atoms with Gasteiger partial charge in [0.1, 0.15) is 5.82 Å². The predicted molar refractivity (Wildman–Crippen MR) is 107 cm³/mol. The Morgan fingerprint density at radius 3 is 2.28 bits per heavy atom. The molecule has 3 aromatic rings. The fraction of sp³-hybridized carbons (Fsp3) is 0.0455. The molecule has 0 aromatic heterocycles. The van der Waals surface area contributed by atoms with Gasteiger partial charge in [0.2, 0.25) is 0 Å². The lowest BCUT2D eigenvalue weighted by Gasteiger charge is -2.10. The van der Waals surface area contributed by atoms with Gasteiger partial charge in [0.25, 0.3) is 5.91 Å². The molecule has 0 saturated carbocycles. The van der Waals surface area contributed by atoms with Crippen molar-refractivity contribution in [3.05, 3.63) is 100 Å². The number of anilines is 1. The molecular weight excluding hydrogens is 397 g/mol. The van der Waals surface area contributed by atoms with Crippen LogP contribution < -0.4 is 5.32 Å². The van der Waals surface area contributed by atoms with E-state index in [0.717, 1.165) is 6.07 Å². The van der Waals surface area contributed by atoms with Gasteiger partial charge in [-0.15, -0.1) is 0 Å². The number of halogens is 2. The molecular formula is C22H15ClFNO4. The topological polar surface area (TPSA) is 72.5 Å². The molecule has 1 N–H and O–H groups in total. The lowest BCUT2D eigenvalue weighted by molar-refractivity contribution is -0.119. The van der Waals surface area contributed by atoms with Gasteiger partial charge >= 0.3 is 5.97 Å². The molecule has 5 nitrogen and oxygen atoms in total. The number of rotatable bonds is 6. The Bertz CT molecular complexity index is 1070. The highest BCUT2D eigenvalue weighted by molar-refractivity contribution is 6.30. The zero-order valence-electron chi connectivity index (χ0n) is 15.0. The summed E-state index contributed by atoms with van der Waals surface area (Å²) in [5.41, 5.74) is 0.480. The maximum Gasteiger partial charge on any atom is 0.339 e. The summed E-state index contributed by atoms with van der Waals surface area (Å²) in [6.07, 6.45) is 0. The maximum absolute atomic E-state index is 13.7. The van der Waals surface area contributed by atoms with Crippen molar-refractivity contribution in [2.75, 3.05) is 11.9 Å². The Kier molecular flexibility index (Phi) is 6.36. The highest BCUT2D eigenvalue weighted by Crippen LogP contribution is 2.20. The molecule has 3 rings (SSSR count).